The third kappa shape index (κ3) is 4.84. The summed E-state index contributed by atoms with van der Waals surface area (Å²) in [6, 6.07) is 7.79. The molecule has 0 aliphatic heterocycles. The molecule has 6 nitrogen and oxygen atoms in total. The van der Waals surface area contributed by atoms with Crippen molar-refractivity contribution in [2.45, 2.75) is 38.3 Å². The van der Waals surface area contributed by atoms with Gasteiger partial charge in [0.25, 0.3) is 5.91 Å². The standard InChI is InChI=1S/C18H19Cl2N3O3/c19-14-7-6-12(26-16-9-8-15(20)22-23-16)10-13(14)18(25)21-17(24)11-4-2-1-3-5-11/h6-11,17,24H,1-5H2,(H,21,25). The maximum atomic E-state index is 12.5. The van der Waals surface area contributed by atoms with Crippen molar-refractivity contribution in [3.05, 3.63) is 46.1 Å². The Kier molecular flexibility index (Phi) is 6.29. The van der Waals surface area contributed by atoms with Crippen LogP contribution in [0, 0.1) is 5.92 Å². The van der Waals surface area contributed by atoms with Gasteiger partial charge in [0.1, 0.15) is 12.0 Å². The van der Waals surface area contributed by atoms with Gasteiger partial charge in [0.15, 0.2) is 5.15 Å². The topological polar surface area (TPSA) is 84.3 Å². The van der Waals surface area contributed by atoms with Crippen LogP contribution in [0.5, 0.6) is 11.6 Å². The number of aliphatic hydroxyl groups is 1. The fraction of sp³-hybridized carbons (Fsp3) is 0.389. The summed E-state index contributed by atoms with van der Waals surface area (Å²) in [5.74, 6) is 0.254. The number of ether oxygens (including phenoxy) is 1. The quantitative estimate of drug-likeness (QED) is 0.740. The van der Waals surface area contributed by atoms with Crippen molar-refractivity contribution < 1.29 is 14.6 Å². The number of benzene rings is 1. The first-order valence-corrected chi connectivity index (χ1v) is 9.24. The van der Waals surface area contributed by atoms with E-state index in [1.54, 1.807) is 24.3 Å². The molecule has 1 aliphatic carbocycles. The van der Waals surface area contributed by atoms with E-state index in [0.29, 0.717) is 5.75 Å². The second-order valence-electron chi connectivity index (χ2n) is 6.25. The minimum absolute atomic E-state index is 0.0789. The Morgan fingerprint density at radius 3 is 2.62 bits per heavy atom. The molecule has 0 spiro atoms. The molecule has 2 aromatic rings. The molecule has 8 heteroatoms. The number of hydrogen-bond acceptors (Lipinski definition) is 5. The Hall–Kier alpha value is -1.89. The summed E-state index contributed by atoms with van der Waals surface area (Å²) in [5, 5.41) is 20.9. The lowest BCUT2D eigenvalue weighted by Crippen LogP contribution is -2.41. The van der Waals surface area contributed by atoms with Crippen molar-refractivity contribution in [1.29, 1.82) is 0 Å². The number of hydrogen-bond donors (Lipinski definition) is 2. The zero-order valence-electron chi connectivity index (χ0n) is 14.0. The SMILES string of the molecule is O=C(NC(O)C1CCCCC1)c1cc(Oc2ccc(Cl)nn2)ccc1Cl. The molecule has 3 rings (SSSR count). The summed E-state index contributed by atoms with van der Waals surface area (Å²) in [5.41, 5.74) is 0.223. The fourth-order valence-electron chi connectivity index (χ4n) is 3.00. The zero-order chi connectivity index (χ0) is 18.5. The van der Waals surface area contributed by atoms with Crippen LogP contribution < -0.4 is 10.1 Å². The molecule has 1 atom stereocenters. The van der Waals surface area contributed by atoms with Crippen LogP contribution in [-0.2, 0) is 0 Å². The number of nitrogens with zero attached hydrogens (tertiary/aromatic N) is 2. The Morgan fingerprint density at radius 1 is 1.15 bits per heavy atom. The van der Waals surface area contributed by atoms with Gasteiger partial charge in [-0.2, -0.15) is 0 Å². The summed E-state index contributed by atoms with van der Waals surface area (Å²) in [4.78, 5) is 12.5. The van der Waals surface area contributed by atoms with Crippen LogP contribution in [0.2, 0.25) is 10.2 Å². The van der Waals surface area contributed by atoms with Crippen LogP contribution in [0.1, 0.15) is 42.5 Å². The average molecular weight is 396 g/mol. The van der Waals surface area contributed by atoms with E-state index < -0.39 is 12.1 Å². The minimum atomic E-state index is -0.884. The van der Waals surface area contributed by atoms with Gasteiger partial charge in [-0.1, -0.05) is 42.5 Å². The van der Waals surface area contributed by atoms with Gasteiger partial charge in [0.05, 0.1) is 10.6 Å². The molecule has 1 amide bonds. The van der Waals surface area contributed by atoms with Gasteiger partial charge in [0, 0.05) is 12.0 Å². The second-order valence-corrected chi connectivity index (χ2v) is 7.05. The molecule has 0 bridgehead atoms. The van der Waals surface area contributed by atoms with E-state index >= 15 is 0 Å². The number of amides is 1. The van der Waals surface area contributed by atoms with E-state index in [-0.39, 0.29) is 27.5 Å². The molecule has 1 saturated carbocycles. The number of halogens is 2. The summed E-state index contributed by atoms with van der Waals surface area (Å²) in [7, 11) is 0. The Bertz CT molecular complexity index is 765. The molecule has 1 heterocycles. The van der Waals surface area contributed by atoms with E-state index in [1.165, 1.54) is 12.5 Å². The highest BCUT2D eigenvalue weighted by Gasteiger charge is 2.24. The van der Waals surface area contributed by atoms with Gasteiger partial charge in [-0.3, -0.25) is 4.79 Å². The van der Waals surface area contributed by atoms with Crippen LogP contribution in [0.25, 0.3) is 0 Å². The van der Waals surface area contributed by atoms with E-state index in [1.807, 2.05) is 0 Å². The van der Waals surface area contributed by atoms with E-state index in [2.05, 4.69) is 15.5 Å². The lowest BCUT2D eigenvalue weighted by molar-refractivity contribution is 0.0463. The Labute approximate surface area is 161 Å². The van der Waals surface area contributed by atoms with Gasteiger partial charge in [-0.25, -0.2) is 0 Å². The number of rotatable bonds is 5. The van der Waals surface area contributed by atoms with E-state index in [9.17, 15) is 9.90 Å². The lowest BCUT2D eigenvalue weighted by atomic mass is 9.88. The average Bonchev–Trinajstić information content (AvgIpc) is 2.65. The highest BCUT2D eigenvalue weighted by Crippen LogP contribution is 2.28. The summed E-state index contributed by atoms with van der Waals surface area (Å²) in [6.07, 6.45) is 4.26. The molecular weight excluding hydrogens is 377 g/mol. The number of carbonyl (C=O) groups excluding carboxylic acids is 1. The summed E-state index contributed by atoms with van der Waals surface area (Å²) >= 11 is 11.8. The van der Waals surface area contributed by atoms with Crippen LogP contribution in [0.4, 0.5) is 0 Å². The maximum absolute atomic E-state index is 12.5. The molecule has 1 fully saturated rings. The van der Waals surface area contributed by atoms with Crippen molar-refractivity contribution in [2.75, 3.05) is 0 Å². The molecule has 138 valence electrons. The van der Waals surface area contributed by atoms with Crippen LogP contribution in [0.15, 0.2) is 30.3 Å². The van der Waals surface area contributed by atoms with Gasteiger partial charge in [-0.05, 0) is 37.1 Å². The first-order chi connectivity index (χ1) is 12.5. The van der Waals surface area contributed by atoms with Gasteiger partial charge < -0.3 is 15.2 Å². The first kappa shape index (κ1) is 18.9. The number of aliphatic hydroxyl groups excluding tert-OH is 1. The van der Waals surface area contributed by atoms with E-state index in [4.69, 9.17) is 27.9 Å². The first-order valence-electron chi connectivity index (χ1n) is 8.48. The largest absolute Gasteiger partial charge is 0.437 e. The van der Waals surface area contributed by atoms with Crippen molar-refractivity contribution in [3.8, 4) is 11.6 Å². The molecule has 0 saturated heterocycles. The highest BCUT2D eigenvalue weighted by molar-refractivity contribution is 6.33. The fourth-order valence-corrected chi connectivity index (χ4v) is 3.30. The minimum Gasteiger partial charge on any atom is -0.437 e. The maximum Gasteiger partial charge on any atom is 0.254 e. The Morgan fingerprint density at radius 2 is 1.92 bits per heavy atom. The van der Waals surface area contributed by atoms with Crippen molar-refractivity contribution in [3.63, 3.8) is 0 Å². The molecule has 1 aromatic carbocycles. The molecule has 1 unspecified atom stereocenters. The molecule has 1 aliphatic rings. The molecule has 26 heavy (non-hydrogen) atoms. The zero-order valence-corrected chi connectivity index (χ0v) is 15.5. The Balaban J connectivity index is 1.70. The van der Waals surface area contributed by atoms with Crippen LogP contribution in [-0.4, -0.2) is 27.4 Å². The van der Waals surface area contributed by atoms with E-state index in [0.717, 1.165) is 25.7 Å². The van der Waals surface area contributed by atoms with Crippen molar-refractivity contribution in [1.82, 2.24) is 15.5 Å². The van der Waals surface area contributed by atoms with Crippen molar-refractivity contribution >= 4 is 29.1 Å². The lowest BCUT2D eigenvalue weighted by Gasteiger charge is -2.27. The van der Waals surface area contributed by atoms with Gasteiger partial charge in [0.2, 0.25) is 5.88 Å². The predicted molar refractivity (Wildman–Crippen MR) is 98.6 cm³/mol. The third-order valence-corrected chi connectivity index (χ3v) is 4.92. The van der Waals surface area contributed by atoms with Crippen LogP contribution >= 0.6 is 23.2 Å². The van der Waals surface area contributed by atoms with Crippen molar-refractivity contribution in [2.24, 2.45) is 5.92 Å². The number of carbonyl (C=O) groups is 1. The smallest absolute Gasteiger partial charge is 0.254 e. The monoisotopic (exact) mass is 395 g/mol. The summed E-state index contributed by atoms with van der Waals surface area (Å²) < 4.78 is 5.57. The molecule has 2 N–H and O–H groups in total. The van der Waals surface area contributed by atoms with Gasteiger partial charge in [-0.15, -0.1) is 10.2 Å². The highest BCUT2D eigenvalue weighted by atomic mass is 35.5. The normalized spacial score (nSPS) is 16.1. The predicted octanol–water partition coefficient (Wildman–Crippen LogP) is 4.20. The van der Waals surface area contributed by atoms with Gasteiger partial charge >= 0.3 is 0 Å². The number of aromatic nitrogens is 2. The second kappa shape index (κ2) is 8.66. The molecular formula is C18H19Cl2N3O3. The van der Waals surface area contributed by atoms with Crippen LogP contribution in [0.3, 0.4) is 0 Å². The number of nitrogens with one attached hydrogen (secondary N) is 1. The summed E-state index contributed by atoms with van der Waals surface area (Å²) in [6.45, 7) is 0. The molecule has 1 aromatic heterocycles. The third-order valence-electron chi connectivity index (χ3n) is 4.39. The molecule has 0 radical (unpaired) electrons.